The number of carboxylic acid groups (broad SMARTS) is 1. The van der Waals surface area contributed by atoms with E-state index in [1.807, 2.05) is 0 Å². The Morgan fingerprint density at radius 1 is 1.24 bits per heavy atom. The lowest BCUT2D eigenvalue weighted by molar-refractivity contribution is -0.689. The molecule has 14 nitrogen and oxygen atoms in total. The Balaban J connectivity index is 1.31. The number of pyridine rings is 1. The zero-order valence-electron chi connectivity index (χ0n) is 18.6. The van der Waals surface area contributed by atoms with E-state index in [0.717, 1.165) is 28.4 Å². The van der Waals surface area contributed by atoms with E-state index in [2.05, 4.69) is 24.8 Å². The van der Waals surface area contributed by atoms with E-state index in [1.54, 1.807) is 29.1 Å². The van der Waals surface area contributed by atoms with Crippen LogP contribution in [0.2, 0.25) is 0 Å². The molecule has 1 fully saturated rings. The number of β-lactam (4-membered cyclic amide) rings is 1. The Kier molecular flexibility index (Phi) is 6.48. The highest BCUT2D eigenvalue weighted by atomic mass is 32.2. The lowest BCUT2D eigenvalue weighted by Crippen LogP contribution is -2.71. The van der Waals surface area contributed by atoms with Gasteiger partial charge in [0.25, 0.3) is 11.8 Å². The molecule has 0 bridgehead atoms. The standard InChI is InChI=1S/C20H17N9O5S3/c21-19-23-10(7-36-19)11(26-34)15(30)24-12-16(31)29-13(18(32)33)9(6-35-17(12)29)5-28-3-1-8(2-4-28)14-25-20(22)37-27-14/h1-4,7,12,17H,5-6H2,(H6-,21,22,23,24,25,27,30,32,33,34)/p+1/t12-,17-/m1/s1. The third kappa shape index (κ3) is 4.58. The molecule has 1 saturated heterocycles. The Morgan fingerprint density at radius 2 is 2.00 bits per heavy atom. The number of rotatable bonds is 7. The molecule has 0 unspecified atom stereocenters. The summed E-state index contributed by atoms with van der Waals surface area (Å²) < 4.78 is 5.95. The van der Waals surface area contributed by atoms with Gasteiger partial charge in [0, 0.05) is 45.9 Å². The van der Waals surface area contributed by atoms with Crippen LogP contribution in [-0.2, 0) is 20.9 Å². The number of nitrogens with two attached hydrogens (primary N) is 2. The summed E-state index contributed by atoms with van der Waals surface area (Å²) in [7, 11) is 0. The molecule has 0 saturated carbocycles. The number of fused-ring (bicyclic) bond motifs is 1. The number of carbonyl (C=O) groups excluding carboxylic acids is 2. The van der Waals surface area contributed by atoms with Gasteiger partial charge in [-0.3, -0.25) is 14.5 Å². The van der Waals surface area contributed by atoms with E-state index in [4.69, 9.17) is 11.5 Å². The maximum atomic E-state index is 12.9. The first-order valence-electron chi connectivity index (χ1n) is 10.5. The molecule has 0 spiro atoms. The average molecular weight is 561 g/mol. The van der Waals surface area contributed by atoms with Gasteiger partial charge in [0.1, 0.15) is 22.8 Å². The number of amides is 2. The molecular weight excluding hydrogens is 542 g/mol. The van der Waals surface area contributed by atoms with Gasteiger partial charge < -0.3 is 27.1 Å². The van der Waals surface area contributed by atoms with Gasteiger partial charge in [-0.15, -0.1) is 23.1 Å². The van der Waals surface area contributed by atoms with E-state index < -0.39 is 34.9 Å². The molecule has 2 aliphatic rings. The largest absolute Gasteiger partial charge is 0.477 e. The molecule has 2 amide bonds. The number of carboxylic acids is 1. The minimum Gasteiger partial charge on any atom is -0.477 e. The van der Waals surface area contributed by atoms with Crippen molar-refractivity contribution in [2.45, 2.75) is 18.0 Å². The van der Waals surface area contributed by atoms with Crippen molar-refractivity contribution in [1.29, 1.82) is 0 Å². The number of aliphatic carboxylic acids is 1. The summed E-state index contributed by atoms with van der Waals surface area (Å²) in [6.07, 6.45) is 3.52. The fourth-order valence-electron chi connectivity index (χ4n) is 3.91. The molecule has 3 aromatic heterocycles. The molecule has 0 aromatic carbocycles. The first-order valence-corrected chi connectivity index (χ1v) is 13.2. The maximum absolute atomic E-state index is 12.9. The molecule has 2 atom stereocenters. The topological polar surface area (TPSA) is 214 Å². The number of carbonyl (C=O) groups is 3. The van der Waals surface area contributed by atoms with Gasteiger partial charge in [0.05, 0.1) is 0 Å². The predicted molar refractivity (Wildman–Crippen MR) is 134 cm³/mol. The molecule has 37 heavy (non-hydrogen) atoms. The van der Waals surface area contributed by atoms with Crippen molar-refractivity contribution in [3.05, 3.63) is 46.9 Å². The summed E-state index contributed by atoms with van der Waals surface area (Å²) in [4.78, 5) is 47.0. The minimum atomic E-state index is -1.24. The number of aromatic nitrogens is 4. The maximum Gasteiger partial charge on any atom is 0.352 e. The molecule has 17 heteroatoms. The van der Waals surface area contributed by atoms with Gasteiger partial charge in [0.15, 0.2) is 40.7 Å². The summed E-state index contributed by atoms with van der Waals surface area (Å²) in [5.41, 5.74) is 12.1. The third-order valence-corrected chi connectivity index (χ3v) is 8.14. The molecule has 5 heterocycles. The van der Waals surface area contributed by atoms with Crippen LogP contribution in [0.25, 0.3) is 11.4 Å². The van der Waals surface area contributed by atoms with Gasteiger partial charge in [-0.1, -0.05) is 5.16 Å². The first-order chi connectivity index (χ1) is 17.8. The zero-order chi connectivity index (χ0) is 26.3. The number of nitrogens with one attached hydrogen (secondary N) is 1. The SMILES string of the molecule is Nc1nc(/C(=N/O)C(=O)N[C@@H]2C(=O)N3C(C(=O)O)=C(C[n+]4ccc(-c5nsc(N)n5)cc4)CS[C@H]23)cs1. The van der Waals surface area contributed by atoms with Crippen LogP contribution in [0, 0.1) is 0 Å². The second-order valence-electron chi connectivity index (χ2n) is 7.85. The van der Waals surface area contributed by atoms with Crippen LogP contribution in [0.15, 0.2) is 46.3 Å². The van der Waals surface area contributed by atoms with Crippen molar-refractivity contribution in [2.24, 2.45) is 5.16 Å². The van der Waals surface area contributed by atoms with Crippen LogP contribution in [0.3, 0.4) is 0 Å². The monoisotopic (exact) mass is 560 g/mol. The Morgan fingerprint density at radius 3 is 2.59 bits per heavy atom. The van der Waals surface area contributed by atoms with Crippen molar-refractivity contribution in [3.63, 3.8) is 0 Å². The minimum absolute atomic E-state index is 0.0629. The second kappa shape index (κ2) is 9.75. The summed E-state index contributed by atoms with van der Waals surface area (Å²) in [5.74, 6) is -1.82. The van der Waals surface area contributed by atoms with Crippen molar-refractivity contribution < 1.29 is 29.3 Å². The van der Waals surface area contributed by atoms with Crippen molar-refractivity contribution in [1.82, 2.24) is 24.6 Å². The average Bonchev–Trinajstić information content (AvgIpc) is 3.51. The Bertz CT molecular complexity index is 1470. The number of thiazole rings is 1. The molecule has 0 radical (unpaired) electrons. The normalized spacial score (nSPS) is 19.4. The third-order valence-electron chi connectivity index (χ3n) is 5.58. The molecule has 0 aliphatic carbocycles. The second-order valence-corrected chi connectivity index (χ2v) is 10.6. The first kappa shape index (κ1) is 24.6. The highest BCUT2D eigenvalue weighted by molar-refractivity contribution is 8.00. The van der Waals surface area contributed by atoms with Crippen LogP contribution < -0.4 is 21.4 Å². The van der Waals surface area contributed by atoms with E-state index in [1.165, 1.54) is 22.0 Å². The number of nitrogens with zero attached hydrogens (tertiary/aromatic N) is 6. The lowest BCUT2D eigenvalue weighted by atomic mass is 10.0. The molecule has 190 valence electrons. The summed E-state index contributed by atoms with van der Waals surface area (Å²) in [5, 5.41) is 26.0. The highest BCUT2D eigenvalue weighted by Gasteiger charge is 2.54. The van der Waals surface area contributed by atoms with E-state index >= 15 is 0 Å². The number of thioether (sulfide) groups is 1. The quantitative estimate of drug-likeness (QED) is 0.0833. The number of anilines is 2. The van der Waals surface area contributed by atoms with Crippen molar-refractivity contribution in [2.75, 3.05) is 17.2 Å². The Labute approximate surface area is 220 Å². The summed E-state index contributed by atoms with van der Waals surface area (Å²) >= 11 is 3.48. The molecule has 5 rings (SSSR count). The van der Waals surface area contributed by atoms with Crippen LogP contribution in [0.5, 0.6) is 0 Å². The number of nitrogen functional groups attached to an aromatic ring is 2. The van der Waals surface area contributed by atoms with Gasteiger partial charge in [-0.2, -0.15) is 9.36 Å². The predicted octanol–water partition coefficient (Wildman–Crippen LogP) is -0.269. The smallest absolute Gasteiger partial charge is 0.352 e. The van der Waals surface area contributed by atoms with Crippen LogP contribution in [0.4, 0.5) is 10.3 Å². The van der Waals surface area contributed by atoms with Crippen LogP contribution in [-0.4, -0.2) is 70.2 Å². The van der Waals surface area contributed by atoms with Gasteiger partial charge in [0.2, 0.25) is 0 Å². The van der Waals surface area contributed by atoms with Gasteiger partial charge in [-0.05, 0) is 0 Å². The Hall–Kier alpha value is -4.09. The van der Waals surface area contributed by atoms with Gasteiger partial charge >= 0.3 is 5.97 Å². The molecule has 2 aliphatic heterocycles. The van der Waals surface area contributed by atoms with E-state index in [9.17, 15) is 24.7 Å². The van der Waals surface area contributed by atoms with E-state index in [0.29, 0.717) is 22.3 Å². The van der Waals surface area contributed by atoms with Crippen LogP contribution in [0.1, 0.15) is 5.69 Å². The van der Waals surface area contributed by atoms with Crippen molar-refractivity contribution >= 4 is 68.4 Å². The van der Waals surface area contributed by atoms with Crippen LogP contribution >= 0.6 is 34.6 Å². The zero-order valence-corrected chi connectivity index (χ0v) is 21.1. The number of hydrogen-bond donors (Lipinski definition) is 5. The van der Waals surface area contributed by atoms with Crippen molar-refractivity contribution in [3.8, 4) is 11.4 Å². The molecule has 3 aromatic rings. The summed E-state index contributed by atoms with van der Waals surface area (Å²) in [6.45, 7) is 0.238. The molecule has 7 N–H and O–H groups in total. The molecular formula is C20H18N9O5S3+. The number of oxime groups is 1. The highest BCUT2D eigenvalue weighted by Crippen LogP contribution is 2.40. The lowest BCUT2D eigenvalue weighted by Gasteiger charge is -2.49. The van der Waals surface area contributed by atoms with Gasteiger partial charge in [-0.25, -0.2) is 14.3 Å². The number of hydrogen-bond acceptors (Lipinski definition) is 13. The summed E-state index contributed by atoms with van der Waals surface area (Å²) in [6, 6.07) is 2.58. The fourth-order valence-corrected chi connectivity index (χ4v) is 6.24. The van der Waals surface area contributed by atoms with E-state index in [-0.39, 0.29) is 23.1 Å². The fraction of sp³-hybridized carbons (Fsp3) is 0.200.